The smallest absolute Gasteiger partial charge is 0.315 e. The molecular weight excluding hydrogens is 328 g/mol. The van der Waals surface area contributed by atoms with E-state index in [-0.39, 0.29) is 17.9 Å². The highest BCUT2D eigenvalue weighted by atomic mass is 16.2. The van der Waals surface area contributed by atoms with Gasteiger partial charge in [0.1, 0.15) is 6.04 Å². The first-order chi connectivity index (χ1) is 12.7. The summed E-state index contributed by atoms with van der Waals surface area (Å²) >= 11 is 0. The third-order valence-electron chi connectivity index (χ3n) is 4.77. The first kappa shape index (κ1) is 16.2. The lowest BCUT2D eigenvalue weighted by molar-refractivity contribution is -0.122. The summed E-state index contributed by atoms with van der Waals surface area (Å²) in [6.07, 6.45) is 2.01. The van der Waals surface area contributed by atoms with Crippen LogP contribution in [0.1, 0.15) is 17.0 Å². The molecule has 26 heavy (non-hydrogen) atoms. The van der Waals surface area contributed by atoms with Gasteiger partial charge >= 0.3 is 6.03 Å². The molecule has 6 heteroatoms. The van der Waals surface area contributed by atoms with Crippen LogP contribution in [0.2, 0.25) is 0 Å². The minimum atomic E-state index is -0.526. The summed E-state index contributed by atoms with van der Waals surface area (Å²) in [6, 6.07) is 17.4. The Balaban J connectivity index is 1.60. The highest BCUT2D eigenvalue weighted by molar-refractivity contribution is 5.90. The zero-order valence-corrected chi connectivity index (χ0v) is 14.2. The zero-order chi connectivity index (χ0) is 17.9. The highest BCUT2D eigenvalue weighted by Crippen LogP contribution is 2.30. The van der Waals surface area contributed by atoms with Gasteiger partial charge in [0.25, 0.3) is 0 Å². The molecule has 1 aromatic heterocycles. The lowest BCUT2D eigenvalue weighted by Crippen LogP contribution is -2.44. The third-order valence-corrected chi connectivity index (χ3v) is 4.77. The van der Waals surface area contributed by atoms with Crippen molar-refractivity contribution in [3.63, 3.8) is 0 Å². The first-order valence-electron chi connectivity index (χ1n) is 8.65. The molecule has 2 heterocycles. The fraction of sp³-hybridized carbons (Fsp3) is 0.200. The number of aromatic nitrogens is 1. The maximum Gasteiger partial charge on any atom is 0.315 e. The number of benzene rings is 2. The summed E-state index contributed by atoms with van der Waals surface area (Å²) in [5.41, 5.74) is 3.34. The number of fused-ring (bicyclic) bond motifs is 1. The maximum atomic E-state index is 12.4. The highest BCUT2D eigenvalue weighted by Gasteiger charge is 2.27. The summed E-state index contributed by atoms with van der Waals surface area (Å²) < 4.78 is 0. The van der Waals surface area contributed by atoms with Crippen molar-refractivity contribution in [1.82, 2.24) is 20.9 Å². The van der Waals surface area contributed by atoms with E-state index in [2.05, 4.69) is 39.1 Å². The van der Waals surface area contributed by atoms with E-state index in [1.807, 2.05) is 42.6 Å². The number of urea groups is 1. The topological polar surface area (TPSA) is 86.0 Å². The van der Waals surface area contributed by atoms with E-state index < -0.39 is 6.04 Å². The minimum absolute atomic E-state index is 0.0152. The molecule has 4 N–H and O–H groups in total. The van der Waals surface area contributed by atoms with Crippen LogP contribution >= 0.6 is 0 Å². The Morgan fingerprint density at radius 2 is 1.88 bits per heavy atom. The fourth-order valence-electron chi connectivity index (χ4n) is 3.41. The Hall–Kier alpha value is -3.28. The van der Waals surface area contributed by atoms with Gasteiger partial charge in [-0.1, -0.05) is 48.5 Å². The van der Waals surface area contributed by atoms with E-state index in [1.54, 1.807) is 0 Å². The zero-order valence-electron chi connectivity index (χ0n) is 14.2. The van der Waals surface area contributed by atoms with Crippen molar-refractivity contribution in [1.29, 1.82) is 0 Å². The van der Waals surface area contributed by atoms with Crippen molar-refractivity contribution in [3.8, 4) is 0 Å². The number of aromatic amines is 1. The van der Waals surface area contributed by atoms with Gasteiger partial charge in [0.05, 0.1) is 0 Å². The first-order valence-corrected chi connectivity index (χ1v) is 8.65. The molecule has 1 aliphatic heterocycles. The Kier molecular flexibility index (Phi) is 4.31. The van der Waals surface area contributed by atoms with Gasteiger partial charge in [-0.25, -0.2) is 4.79 Å². The molecule has 6 nitrogen and oxygen atoms in total. The molecule has 2 aromatic carbocycles. The predicted octanol–water partition coefficient (Wildman–Crippen LogP) is 2.10. The molecule has 3 amide bonds. The Morgan fingerprint density at radius 3 is 2.65 bits per heavy atom. The molecule has 2 unspecified atom stereocenters. The van der Waals surface area contributed by atoms with Crippen molar-refractivity contribution in [2.24, 2.45) is 0 Å². The second kappa shape index (κ2) is 6.92. The van der Waals surface area contributed by atoms with Gasteiger partial charge in [-0.05, 0) is 17.2 Å². The van der Waals surface area contributed by atoms with Gasteiger partial charge < -0.3 is 20.9 Å². The number of hydrogen-bond donors (Lipinski definition) is 4. The summed E-state index contributed by atoms with van der Waals surface area (Å²) in [5, 5.41) is 9.35. The average molecular weight is 348 g/mol. The van der Waals surface area contributed by atoms with Crippen LogP contribution in [0.3, 0.4) is 0 Å². The SMILES string of the molecule is O=C1NCC(C(=O)NCC(c2ccccc2)c2c[nH]c3ccccc23)N1. The standard InChI is InChI=1S/C20H20N4O2/c25-19(18-12-23-20(26)24-18)22-10-15(13-6-2-1-3-7-13)16-11-21-17-9-5-4-8-14(16)17/h1-9,11,15,18,21H,10,12H2,(H,22,25)(H2,23,24,26). The quantitative estimate of drug-likeness (QED) is 0.569. The van der Waals surface area contributed by atoms with Crippen LogP contribution in [0.15, 0.2) is 60.8 Å². The fourth-order valence-corrected chi connectivity index (χ4v) is 3.41. The third kappa shape index (κ3) is 3.13. The summed E-state index contributed by atoms with van der Waals surface area (Å²) in [7, 11) is 0. The van der Waals surface area contributed by atoms with Crippen LogP contribution in [0.25, 0.3) is 10.9 Å². The number of para-hydroxylation sites is 1. The molecule has 1 aliphatic rings. The van der Waals surface area contributed by atoms with Crippen molar-refractivity contribution in [3.05, 3.63) is 71.9 Å². The van der Waals surface area contributed by atoms with E-state index in [9.17, 15) is 9.59 Å². The van der Waals surface area contributed by atoms with Gasteiger partial charge in [0.15, 0.2) is 0 Å². The number of rotatable bonds is 5. The maximum absolute atomic E-state index is 12.4. The van der Waals surface area contributed by atoms with Gasteiger partial charge in [-0.2, -0.15) is 0 Å². The molecule has 3 aromatic rings. The van der Waals surface area contributed by atoms with Crippen LogP contribution in [0, 0.1) is 0 Å². The Bertz CT molecular complexity index is 935. The monoisotopic (exact) mass is 348 g/mol. The molecule has 0 aliphatic carbocycles. The molecule has 0 spiro atoms. The van der Waals surface area contributed by atoms with Gasteiger partial charge in [0, 0.05) is 36.1 Å². The number of carbonyl (C=O) groups is 2. The molecule has 2 atom stereocenters. The van der Waals surface area contributed by atoms with Crippen molar-refractivity contribution in [2.45, 2.75) is 12.0 Å². The van der Waals surface area contributed by atoms with Crippen LogP contribution in [0.4, 0.5) is 4.79 Å². The van der Waals surface area contributed by atoms with Crippen LogP contribution < -0.4 is 16.0 Å². The lowest BCUT2D eigenvalue weighted by Gasteiger charge is -2.19. The summed E-state index contributed by atoms with van der Waals surface area (Å²) in [6.45, 7) is 0.769. The van der Waals surface area contributed by atoms with E-state index >= 15 is 0 Å². The van der Waals surface area contributed by atoms with Crippen LogP contribution in [-0.2, 0) is 4.79 Å². The van der Waals surface area contributed by atoms with Crippen molar-refractivity contribution < 1.29 is 9.59 Å². The molecule has 0 bridgehead atoms. The number of carbonyl (C=O) groups excluding carboxylic acids is 2. The van der Waals surface area contributed by atoms with Gasteiger partial charge in [0.2, 0.25) is 5.91 Å². The second-order valence-electron chi connectivity index (χ2n) is 6.40. The molecule has 0 saturated carbocycles. The molecular formula is C20H20N4O2. The van der Waals surface area contributed by atoms with Crippen molar-refractivity contribution in [2.75, 3.05) is 13.1 Å². The van der Waals surface area contributed by atoms with Crippen LogP contribution in [-0.4, -0.2) is 36.1 Å². The predicted molar refractivity (Wildman–Crippen MR) is 99.9 cm³/mol. The summed E-state index contributed by atoms with van der Waals surface area (Å²) in [4.78, 5) is 26.9. The molecule has 1 fully saturated rings. The molecule has 0 radical (unpaired) electrons. The van der Waals surface area contributed by atoms with E-state index in [1.165, 1.54) is 0 Å². The van der Waals surface area contributed by atoms with Crippen LogP contribution in [0.5, 0.6) is 0 Å². The largest absolute Gasteiger partial charge is 0.361 e. The number of nitrogens with one attached hydrogen (secondary N) is 4. The van der Waals surface area contributed by atoms with E-state index in [0.717, 1.165) is 22.0 Å². The average Bonchev–Trinajstić information content (AvgIpc) is 3.29. The normalized spacial score (nSPS) is 17.5. The number of amides is 3. The Morgan fingerprint density at radius 1 is 1.12 bits per heavy atom. The minimum Gasteiger partial charge on any atom is -0.361 e. The van der Waals surface area contributed by atoms with E-state index in [4.69, 9.17) is 0 Å². The summed E-state index contributed by atoms with van der Waals surface area (Å²) in [5.74, 6) is -0.162. The number of H-pyrrole nitrogens is 1. The van der Waals surface area contributed by atoms with E-state index in [0.29, 0.717) is 13.1 Å². The lowest BCUT2D eigenvalue weighted by atomic mass is 9.91. The molecule has 4 rings (SSSR count). The van der Waals surface area contributed by atoms with Crippen molar-refractivity contribution >= 4 is 22.8 Å². The van der Waals surface area contributed by atoms with Gasteiger partial charge in [-0.3, -0.25) is 4.79 Å². The Labute approximate surface area is 151 Å². The molecule has 1 saturated heterocycles. The second-order valence-corrected chi connectivity index (χ2v) is 6.40. The molecule has 132 valence electrons. The van der Waals surface area contributed by atoms with Gasteiger partial charge in [-0.15, -0.1) is 0 Å². The number of hydrogen-bond acceptors (Lipinski definition) is 2.